The van der Waals surface area contributed by atoms with Crippen LogP contribution in [0.25, 0.3) is 0 Å². The second kappa shape index (κ2) is 9.30. The first-order valence-electron chi connectivity index (χ1n) is 9.86. The van der Waals surface area contributed by atoms with Crippen LogP contribution < -0.4 is 10.6 Å². The highest BCUT2D eigenvalue weighted by atomic mass is 32.2. The third-order valence-corrected chi connectivity index (χ3v) is 6.47. The Labute approximate surface area is 178 Å². The van der Waals surface area contributed by atoms with Crippen LogP contribution in [0.15, 0.2) is 52.4 Å². The number of fused-ring (bicyclic) bond motifs is 1. The van der Waals surface area contributed by atoms with Crippen LogP contribution in [-0.4, -0.2) is 51.6 Å². The zero-order valence-electron chi connectivity index (χ0n) is 17.6. The lowest BCUT2D eigenvalue weighted by atomic mass is 10.00. The van der Waals surface area contributed by atoms with Crippen molar-refractivity contribution in [1.29, 1.82) is 0 Å². The van der Waals surface area contributed by atoms with Gasteiger partial charge >= 0.3 is 0 Å². The van der Waals surface area contributed by atoms with Gasteiger partial charge in [-0.2, -0.15) is 0 Å². The molecule has 0 spiro atoms. The van der Waals surface area contributed by atoms with Gasteiger partial charge in [0.25, 0.3) is 0 Å². The van der Waals surface area contributed by atoms with Crippen LogP contribution >= 0.6 is 0 Å². The number of hydrogen-bond donors (Lipinski definition) is 2. The predicted molar refractivity (Wildman–Crippen MR) is 118 cm³/mol. The van der Waals surface area contributed by atoms with Crippen molar-refractivity contribution in [3.05, 3.63) is 64.7 Å². The van der Waals surface area contributed by atoms with Crippen LogP contribution in [0.5, 0.6) is 0 Å². The Bertz CT molecular complexity index is 1060. The van der Waals surface area contributed by atoms with E-state index >= 15 is 0 Å². The van der Waals surface area contributed by atoms with E-state index in [1.54, 1.807) is 26.1 Å². The number of nitrogens with one attached hydrogen (secondary N) is 2. The van der Waals surface area contributed by atoms with Gasteiger partial charge in [-0.1, -0.05) is 36.4 Å². The van der Waals surface area contributed by atoms with Gasteiger partial charge in [-0.3, -0.25) is 9.79 Å². The standard InChI is InChI=1S/C22H28N4O3S/c1-16-12-17(8-9-20(16)30(3,28)29)13-24-22(23-2)25-14-21(27)26-11-10-18-6-4-5-7-19(18)15-26/h4-9,12H,10-11,13-15H2,1-3H3,(H2,23,24,25). The van der Waals surface area contributed by atoms with E-state index in [9.17, 15) is 13.2 Å². The van der Waals surface area contributed by atoms with Crippen LogP contribution in [0.3, 0.4) is 0 Å². The maximum Gasteiger partial charge on any atom is 0.242 e. The Kier molecular flexibility index (Phi) is 6.77. The minimum Gasteiger partial charge on any atom is -0.352 e. The van der Waals surface area contributed by atoms with Crippen LogP contribution in [0.2, 0.25) is 0 Å². The maximum atomic E-state index is 12.6. The quantitative estimate of drug-likeness (QED) is 0.558. The topological polar surface area (TPSA) is 90.9 Å². The Morgan fingerprint density at radius 3 is 2.53 bits per heavy atom. The fraction of sp³-hybridized carbons (Fsp3) is 0.364. The normalized spacial score (nSPS) is 14.2. The summed E-state index contributed by atoms with van der Waals surface area (Å²) in [5.74, 6) is 0.548. The van der Waals surface area contributed by atoms with Gasteiger partial charge in [-0.15, -0.1) is 0 Å². The lowest BCUT2D eigenvalue weighted by molar-refractivity contribution is -0.130. The Morgan fingerprint density at radius 2 is 1.87 bits per heavy atom. The molecule has 7 nitrogen and oxygen atoms in total. The van der Waals surface area contributed by atoms with E-state index in [0.29, 0.717) is 29.5 Å². The largest absolute Gasteiger partial charge is 0.352 e. The van der Waals surface area contributed by atoms with Gasteiger partial charge in [0.05, 0.1) is 11.4 Å². The van der Waals surface area contributed by atoms with Gasteiger partial charge in [0.2, 0.25) is 5.91 Å². The molecule has 2 aromatic carbocycles. The number of guanidine groups is 1. The van der Waals surface area contributed by atoms with E-state index < -0.39 is 9.84 Å². The van der Waals surface area contributed by atoms with Gasteiger partial charge in [0.1, 0.15) is 0 Å². The Morgan fingerprint density at radius 1 is 1.13 bits per heavy atom. The summed E-state index contributed by atoms with van der Waals surface area (Å²) in [4.78, 5) is 19.0. The molecule has 0 radical (unpaired) electrons. The fourth-order valence-electron chi connectivity index (χ4n) is 3.62. The molecule has 0 unspecified atom stereocenters. The number of aryl methyl sites for hydroxylation is 1. The average molecular weight is 429 g/mol. The minimum absolute atomic E-state index is 0.0285. The first-order chi connectivity index (χ1) is 14.3. The van der Waals surface area contributed by atoms with E-state index in [1.165, 1.54) is 17.4 Å². The molecule has 1 aliphatic rings. The summed E-state index contributed by atoms with van der Waals surface area (Å²) in [5.41, 5.74) is 4.15. The molecular weight excluding hydrogens is 400 g/mol. The minimum atomic E-state index is -3.23. The average Bonchev–Trinajstić information content (AvgIpc) is 2.72. The van der Waals surface area contributed by atoms with Gasteiger partial charge < -0.3 is 15.5 Å². The predicted octanol–water partition coefficient (Wildman–Crippen LogP) is 1.65. The molecule has 2 N–H and O–H groups in total. The Balaban J connectivity index is 1.52. The third-order valence-electron chi connectivity index (χ3n) is 5.21. The molecular formula is C22H28N4O3S. The number of hydrogen-bond acceptors (Lipinski definition) is 4. The number of carbonyl (C=O) groups is 1. The number of carbonyl (C=O) groups excluding carboxylic acids is 1. The molecule has 1 heterocycles. The van der Waals surface area contributed by atoms with E-state index in [2.05, 4.69) is 27.8 Å². The molecule has 1 aliphatic heterocycles. The number of sulfone groups is 1. The molecule has 160 valence electrons. The molecule has 3 rings (SSSR count). The summed E-state index contributed by atoms with van der Waals surface area (Å²) in [6.45, 7) is 3.76. The van der Waals surface area contributed by atoms with E-state index in [0.717, 1.165) is 18.5 Å². The molecule has 2 aromatic rings. The fourth-order valence-corrected chi connectivity index (χ4v) is 4.58. The van der Waals surface area contributed by atoms with Gasteiger partial charge in [0, 0.05) is 32.9 Å². The second-order valence-corrected chi connectivity index (χ2v) is 9.47. The van der Waals surface area contributed by atoms with Crippen molar-refractivity contribution >= 4 is 21.7 Å². The first-order valence-corrected chi connectivity index (χ1v) is 11.8. The van der Waals surface area contributed by atoms with Crippen molar-refractivity contribution in [3.63, 3.8) is 0 Å². The number of nitrogens with zero attached hydrogens (tertiary/aromatic N) is 2. The summed E-state index contributed by atoms with van der Waals surface area (Å²) >= 11 is 0. The number of amides is 1. The van der Waals surface area contributed by atoms with Crippen LogP contribution in [0, 0.1) is 6.92 Å². The van der Waals surface area contributed by atoms with Crippen molar-refractivity contribution in [3.8, 4) is 0 Å². The highest BCUT2D eigenvalue weighted by Crippen LogP contribution is 2.18. The van der Waals surface area contributed by atoms with Crippen molar-refractivity contribution < 1.29 is 13.2 Å². The number of aliphatic imine (C=N–C) groups is 1. The summed E-state index contributed by atoms with van der Waals surface area (Å²) in [6.07, 6.45) is 2.08. The van der Waals surface area contributed by atoms with Crippen molar-refractivity contribution in [2.45, 2.75) is 31.3 Å². The summed E-state index contributed by atoms with van der Waals surface area (Å²) in [7, 11) is -1.58. The molecule has 8 heteroatoms. The van der Waals surface area contributed by atoms with Crippen LogP contribution in [0.1, 0.15) is 22.3 Å². The zero-order valence-corrected chi connectivity index (χ0v) is 18.4. The molecule has 0 bridgehead atoms. The van der Waals surface area contributed by atoms with E-state index in [1.807, 2.05) is 23.1 Å². The molecule has 1 amide bonds. The second-order valence-electron chi connectivity index (χ2n) is 7.49. The SMILES string of the molecule is CN=C(NCC(=O)N1CCc2ccccc2C1)NCc1ccc(S(C)(=O)=O)c(C)c1. The van der Waals surface area contributed by atoms with Crippen molar-refractivity contribution in [2.24, 2.45) is 4.99 Å². The summed E-state index contributed by atoms with van der Waals surface area (Å²) in [5, 5.41) is 6.23. The first kappa shape index (κ1) is 21.8. The maximum absolute atomic E-state index is 12.6. The lowest BCUT2D eigenvalue weighted by Crippen LogP contribution is -2.45. The van der Waals surface area contributed by atoms with Crippen LogP contribution in [-0.2, 0) is 34.1 Å². The summed E-state index contributed by atoms with van der Waals surface area (Å²) < 4.78 is 23.5. The molecule has 0 saturated heterocycles. The summed E-state index contributed by atoms with van der Waals surface area (Å²) in [6, 6.07) is 13.5. The lowest BCUT2D eigenvalue weighted by Gasteiger charge is -2.29. The highest BCUT2D eigenvalue weighted by Gasteiger charge is 2.20. The van der Waals surface area contributed by atoms with E-state index in [-0.39, 0.29) is 12.5 Å². The van der Waals surface area contributed by atoms with Crippen molar-refractivity contribution in [1.82, 2.24) is 15.5 Å². The number of rotatable bonds is 5. The number of benzene rings is 2. The smallest absolute Gasteiger partial charge is 0.242 e. The van der Waals surface area contributed by atoms with Gasteiger partial charge in [-0.05, 0) is 41.7 Å². The van der Waals surface area contributed by atoms with E-state index in [4.69, 9.17) is 0 Å². The van der Waals surface area contributed by atoms with Crippen LogP contribution in [0.4, 0.5) is 0 Å². The highest BCUT2D eigenvalue weighted by molar-refractivity contribution is 7.90. The molecule has 30 heavy (non-hydrogen) atoms. The zero-order chi connectivity index (χ0) is 21.7. The molecule has 0 aromatic heterocycles. The van der Waals surface area contributed by atoms with Crippen molar-refractivity contribution in [2.75, 3.05) is 26.4 Å². The monoisotopic (exact) mass is 428 g/mol. The molecule has 0 saturated carbocycles. The Hall–Kier alpha value is -2.87. The van der Waals surface area contributed by atoms with Gasteiger partial charge in [0.15, 0.2) is 15.8 Å². The third kappa shape index (κ3) is 5.38. The molecule has 0 aliphatic carbocycles. The molecule has 0 atom stereocenters. The van der Waals surface area contributed by atoms with Gasteiger partial charge in [-0.25, -0.2) is 8.42 Å². The molecule has 0 fully saturated rings.